The lowest BCUT2D eigenvalue weighted by Crippen LogP contribution is -2.34. The van der Waals surface area contributed by atoms with Gasteiger partial charge in [0.2, 0.25) is 0 Å². The number of hydrogen-bond donors (Lipinski definition) is 1. The summed E-state index contributed by atoms with van der Waals surface area (Å²) in [5, 5.41) is 12.5. The molecule has 0 saturated carbocycles. The highest BCUT2D eigenvalue weighted by molar-refractivity contribution is 7.98. The van der Waals surface area contributed by atoms with Crippen LogP contribution in [0, 0.1) is 0 Å². The van der Waals surface area contributed by atoms with E-state index in [1.165, 1.54) is 16.7 Å². The number of rotatable bonds is 12. The molecule has 3 heterocycles. The lowest BCUT2D eigenvalue weighted by Gasteiger charge is -2.25. The molecule has 0 saturated heterocycles. The molecule has 220 valence electrons. The molecule has 12 heteroatoms. The third-order valence-electron chi connectivity index (χ3n) is 6.98. The SMILES string of the molecule is CSc1ncc2c(n1)N(C)CCN(c1cccc(OC(CCN(CCC[Si](C)(C)C)C(=O)O)c3cccs3)c1)C2=O. The van der Waals surface area contributed by atoms with E-state index < -0.39 is 14.2 Å². The van der Waals surface area contributed by atoms with Crippen LogP contribution in [0.4, 0.5) is 16.3 Å². The average Bonchev–Trinajstić information content (AvgIpc) is 3.44. The highest BCUT2D eigenvalue weighted by Gasteiger charge is 2.28. The van der Waals surface area contributed by atoms with E-state index >= 15 is 0 Å². The predicted octanol–water partition coefficient (Wildman–Crippen LogP) is 6.58. The summed E-state index contributed by atoms with van der Waals surface area (Å²) in [6.45, 7) is 8.93. The van der Waals surface area contributed by atoms with Gasteiger partial charge in [-0.3, -0.25) is 4.79 Å². The number of aromatic nitrogens is 2. The first-order valence-electron chi connectivity index (χ1n) is 13.8. The largest absolute Gasteiger partial charge is 0.485 e. The fourth-order valence-electron chi connectivity index (χ4n) is 4.75. The second-order valence-electron chi connectivity index (χ2n) is 11.3. The zero-order valence-electron chi connectivity index (χ0n) is 24.4. The van der Waals surface area contributed by atoms with Gasteiger partial charge < -0.3 is 24.5 Å². The summed E-state index contributed by atoms with van der Waals surface area (Å²) in [5.74, 6) is 1.11. The number of amides is 2. The van der Waals surface area contributed by atoms with Gasteiger partial charge in [-0.15, -0.1) is 11.3 Å². The zero-order chi connectivity index (χ0) is 29.6. The molecule has 1 atom stereocenters. The third kappa shape index (κ3) is 8.23. The maximum Gasteiger partial charge on any atom is 0.407 e. The van der Waals surface area contributed by atoms with Gasteiger partial charge in [0.15, 0.2) is 5.16 Å². The van der Waals surface area contributed by atoms with Gasteiger partial charge in [-0.1, -0.05) is 49.6 Å². The standard InChI is InChI=1S/C29H39N5O4S2Si/c1-32-15-16-34(27(35)23-20-30-28(39-2)31-26(23)32)21-9-6-10-22(19-21)38-24(25-11-7-17-40-25)12-14-33(29(36)37)13-8-18-41(3,4)5/h6-7,9-11,17,19-20,24H,8,12-16,18H2,1-5H3,(H,36,37). The Labute approximate surface area is 251 Å². The van der Waals surface area contributed by atoms with E-state index in [0.29, 0.717) is 54.9 Å². The van der Waals surface area contributed by atoms with E-state index in [4.69, 9.17) is 4.74 Å². The van der Waals surface area contributed by atoms with Gasteiger partial charge in [-0.2, -0.15) is 0 Å². The van der Waals surface area contributed by atoms with E-state index in [-0.39, 0.29) is 12.0 Å². The van der Waals surface area contributed by atoms with Gasteiger partial charge in [0, 0.05) is 70.5 Å². The summed E-state index contributed by atoms with van der Waals surface area (Å²) in [7, 11) is 0.699. The number of thiophene rings is 1. The topological polar surface area (TPSA) is 99.1 Å². The molecule has 1 aromatic carbocycles. The van der Waals surface area contributed by atoms with Gasteiger partial charge >= 0.3 is 6.09 Å². The summed E-state index contributed by atoms with van der Waals surface area (Å²) < 4.78 is 6.49. The molecule has 9 nitrogen and oxygen atoms in total. The van der Waals surface area contributed by atoms with Crippen LogP contribution < -0.4 is 14.5 Å². The number of likely N-dealkylation sites (N-methyl/N-ethyl adjacent to an activating group) is 1. The van der Waals surface area contributed by atoms with Crippen molar-refractivity contribution >= 4 is 54.7 Å². The molecule has 2 amide bonds. The number of hydrogen-bond acceptors (Lipinski definition) is 8. The van der Waals surface area contributed by atoms with Crippen LogP contribution >= 0.6 is 23.1 Å². The number of carboxylic acid groups (broad SMARTS) is 1. The van der Waals surface area contributed by atoms with E-state index in [1.807, 2.05) is 60.0 Å². The summed E-state index contributed by atoms with van der Waals surface area (Å²) in [6, 6.07) is 12.6. The van der Waals surface area contributed by atoms with E-state index in [2.05, 4.69) is 29.6 Å². The maximum absolute atomic E-state index is 13.6. The fourth-order valence-corrected chi connectivity index (χ4v) is 7.09. The van der Waals surface area contributed by atoms with E-state index in [0.717, 1.165) is 23.0 Å². The fraction of sp³-hybridized carbons (Fsp3) is 0.448. The first-order valence-corrected chi connectivity index (χ1v) is 19.6. The van der Waals surface area contributed by atoms with Crippen LogP contribution in [-0.2, 0) is 0 Å². The van der Waals surface area contributed by atoms with Crippen molar-refractivity contribution < 1.29 is 19.4 Å². The van der Waals surface area contributed by atoms with Crippen molar-refractivity contribution in [3.63, 3.8) is 0 Å². The molecule has 4 rings (SSSR count). The molecule has 0 aliphatic carbocycles. The molecule has 0 bridgehead atoms. The maximum atomic E-state index is 13.6. The number of thioether (sulfide) groups is 1. The molecular weight excluding hydrogens is 575 g/mol. The van der Waals surface area contributed by atoms with Crippen LogP contribution in [0.2, 0.25) is 25.7 Å². The Morgan fingerprint density at radius 1 is 1.22 bits per heavy atom. The zero-order valence-corrected chi connectivity index (χ0v) is 27.0. The van der Waals surface area contributed by atoms with E-state index in [1.54, 1.807) is 22.4 Å². The molecule has 1 aliphatic heterocycles. The van der Waals surface area contributed by atoms with Crippen molar-refractivity contribution in [2.24, 2.45) is 0 Å². The predicted molar refractivity (Wildman–Crippen MR) is 170 cm³/mol. The smallest absolute Gasteiger partial charge is 0.407 e. The van der Waals surface area contributed by atoms with Crippen molar-refractivity contribution in [1.82, 2.24) is 14.9 Å². The van der Waals surface area contributed by atoms with Crippen LogP contribution in [0.5, 0.6) is 5.75 Å². The molecule has 2 aromatic heterocycles. The summed E-state index contributed by atoms with van der Waals surface area (Å²) in [4.78, 5) is 40.8. The highest BCUT2D eigenvalue weighted by Crippen LogP contribution is 2.32. The van der Waals surface area contributed by atoms with Crippen molar-refractivity contribution in [3.8, 4) is 5.75 Å². The lowest BCUT2D eigenvalue weighted by molar-refractivity contribution is 0.0989. The summed E-state index contributed by atoms with van der Waals surface area (Å²) in [5.41, 5.74) is 1.19. The van der Waals surface area contributed by atoms with Gasteiger partial charge in [0.05, 0.1) is 0 Å². The van der Waals surface area contributed by atoms with Gasteiger partial charge in [0.1, 0.15) is 23.2 Å². The normalized spacial score (nSPS) is 14.4. The minimum Gasteiger partial charge on any atom is -0.485 e. The Balaban J connectivity index is 1.51. The number of fused-ring (bicyclic) bond motifs is 1. The number of carbonyl (C=O) groups is 2. The quantitative estimate of drug-likeness (QED) is 0.139. The number of anilines is 2. The number of benzene rings is 1. The molecule has 0 fully saturated rings. The first kappa shape index (κ1) is 30.9. The van der Waals surface area contributed by atoms with Crippen molar-refractivity contribution in [1.29, 1.82) is 0 Å². The Morgan fingerprint density at radius 2 is 2.02 bits per heavy atom. The van der Waals surface area contributed by atoms with Crippen LogP contribution in [0.15, 0.2) is 53.1 Å². The molecule has 1 N–H and O–H groups in total. The minimum absolute atomic E-state index is 0.153. The third-order valence-corrected chi connectivity index (χ3v) is 10.4. The Morgan fingerprint density at radius 3 is 2.71 bits per heavy atom. The molecule has 0 spiro atoms. The van der Waals surface area contributed by atoms with Crippen LogP contribution in [-0.4, -0.2) is 79.5 Å². The van der Waals surface area contributed by atoms with Crippen molar-refractivity contribution in [3.05, 3.63) is 58.4 Å². The van der Waals surface area contributed by atoms with Crippen LogP contribution in [0.3, 0.4) is 0 Å². The lowest BCUT2D eigenvalue weighted by atomic mass is 10.2. The Hall–Kier alpha value is -3.09. The summed E-state index contributed by atoms with van der Waals surface area (Å²) in [6.07, 6.45) is 3.71. The highest BCUT2D eigenvalue weighted by atomic mass is 32.2. The molecule has 1 unspecified atom stereocenters. The first-order chi connectivity index (χ1) is 19.6. The monoisotopic (exact) mass is 613 g/mol. The van der Waals surface area contributed by atoms with Gasteiger partial charge in [-0.25, -0.2) is 14.8 Å². The van der Waals surface area contributed by atoms with Crippen LogP contribution in [0.1, 0.15) is 34.2 Å². The Kier molecular flexibility index (Phi) is 10.3. The summed E-state index contributed by atoms with van der Waals surface area (Å²) >= 11 is 3.03. The van der Waals surface area contributed by atoms with Gasteiger partial charge in [-0.05, 0) is 36.3 Å². The van der Waals surface area contributed by atoms with Crippen LogP contribution in [0.25, 0.3) is 0 Å². The van der Waals surface area contributed by atoms with Crippen molar-refractivity contribution in [2.45, 2.75) is 49.8 Å². The number of nitrogens with zero attached hydrogens (tertiary/aromatic N) is 5. The molecule has 3 aromatic rings. The molecular formula is C29H39N5O4S2Si. The molecule has 41 heavy (non-hydrogen) atoms. The van der Waals surface area contributed by atoms with Gasteiger partial charge in [0.25, 0.3) is 5.91 Å². The Bertz CT molecular complexity index is 1330. The number of carbonyl (C=O) groups excluding carboxylic acids is 1. The van der Waals surface area contributed by atoms with E-state index in [9.17, 15) is 14.7 Å². The average molecular weight is 614 g/mol. The molecule has 0 radical (unpaired) electrons. The second-order valence-corrected chi connectivity index (χ2v) is 18.7. The second kappa shape index (κ2) is 13.7. The molecule has 1 aliphatic rings. The minimum atomic E-state index is -1.24. The number of ether oxygens (including phenoxy) is 1. The van der Waals surface area contributed by atoms with Crippen molar-refractivity contribution in [2.75, 3.05) is 49.3 Å².